The summed E-state index contributed by atoms with van der Waals surface area (Å²) in [5.41, 5.74) is 2.38. The quantitative estimate of drug-likeness (QED) is 0.733. The molecule has 0 radical (unpaired) electrons. The third-order valence-electron chi connectivity index (χ3n) is 2.83. The van der Waals surface area contributed by atoms with Crippen molar-refractivity contribution in [3.8, 4) is 0 Å². The van der Waals surface area contributed by atoms with Crippen LogP contribution in [0.1, 0.15) is 25.1 Å². The first-order valence-electron chi connectivity index (χ1n) is 6.23. The number of hydrogen-bond acceptors (Lipinski definition) is 5. The van der Waals surface area contributed by atoms with E-state index in [1.54, 1.807) is 0 Å². The molecule has 0 aromatic carbocycles. The Bertz CT molecular complexity index is 389. The fourth-order valence-corrected chi connectivity index (χ4v) is 1.90. The molecule has 1 aliphatic rings. The molecule has 3 N–H and O–H groups in total. The van der Waals surface area contributed by atoms with E-state index >= 15 is 0 Å². The molecular weight excluding hydrogens is 214 g/mol. The van der Waals surface area contributed by atoms with Gasteiger partial charge in [0.1, 0.15) is 5.82 Å². The molecule has 0 bridgehead atoms. The van der Waals surface area contributed by atoms with Gasteiger partial charge >= 0.3 is 0 Å². The van der Waals surface area contributed by atoms with Crippen LogP contribution in [0.3, 0.4) is 0 Å². The summed E-state index contributed by atoms with van der Waals surface area (Å²) in [4.78, 5) is 9.02. The van der Waals surface area contributed by atoms with Crippen LogP contribution in [0.4, 0.5) is 11.8 Å². The second-order valence-electron chi connectivity index (χ2n) is 4.77. The highest BCUT2D eigenvalue weighted by atomic mass is 15.1. The average Bonchev–Trinajstić information content (AvgIpc) is 2.35. The van der Waals surface area contributed by atoms with Crippen LogP contribution in [0.5, 0.6) is 0 Å². The smallest absolute Gasteiger partial charge is 0.224 e. The third-order valence-corrected chi connectivity index (χ3v) is 2.83. The second-order valence-corrected chi connectivity index (χ2v) is 4.77. The number of nitrogens with zero attached hydrogens (tertiary/aromatic N) is 2. The number of nitrogens with one attached hydrogen (secondary N) is 3. The van der Waals surface area contributed by atoms with Crippen molar-refractivity contribution in [3.05, 3.63) is 11.3 Å². The highest BCUT2D eigenvalue weighted by Crippen LogP contribution is 2.21. The fourth-order valence-electron chi connectivity index (χ4n) is 1.90. The van der Waals surface area contributed by atoms with Crippen molar-refractivity contribution in [3.63, 3.8) is 0 Å². The standard InChI is InChI=1S/C12H21N5/c1-8(2)6-15-11-9-7-14-5-4-10(9)16-12(13-3)17-11/h8,14H,4-7H2,1-3H3,(H2,13,15,16,17). The van der Waals surface area contributed by atoms with Gasteiger partial charge in [-0.2, -0.15) is 4.98 Å². The van der Waals surface area contributed by atoms with Crippen molar-refractivity contribution >= 4 is 11.8 Å². The van der Waals surface area contributed by atoms with Gasteiger partial charge in [-0.05, 0) is 5.92 Å². The largest absolute Gasteiger partial charge is 0.369 e. The summed E-state index contributed by atoms with van der Waals surface area (Å²) in [6.07, 6.45) is 0.975. The Kier molecular flexibility index (Phi) is 3.78. The molecule has 0 amide bonds. The van der Waals surface area contributed by atoms with E-state index in [-0.39, 0.29) is 0 Å². The predicted molar refractivity (Wildman–Crippen MR) is 70.3 cm³/mol. The van der Waals surface area contributed by atoms with E-state index in [0.29, 0.717) is 11.9 Å². The average molecular weight is 235 g/mol. The van der Waals surface area contributed by atoms with Crippen molar-refractivity contribution in [2.75, 3.05) is 30.8 Å². The molecule has 0 saturated carbocycles. The summed E-state index contributed by atoms with van der Waals surface area (Å²) >= 11 is 0. The number of aromatic nitrogens is 2. The summed E-state index contributed by atoms with van der Waals surface area (Å²) in [5, 5.41) is 9.80. The van der Waals surface area contributed by atoms with Gasteiger partial charge in [-0.15, -0.1) is 0 Å². The Morgan fingerprint density at radius 3 is 2.88 bits per heavy atom. The summed E-state index contributed by atoms with van der Waals surface area (Å²) in [6, 6.07) is 0. The lowest BCUT2D eigenvalue weighted by Crippen LogP contribution is -2.27. The molecule has 1 aliphatic heterocycles. The first kappa shape index (κ1) is 12.1. The molecular formula is C12H21N5. The second kappa shape index (κ2) is 5.31. The van der Waals surface area contributed by atoms with E-state index in [4.69, 9.17) is 0 Å². The molecule has 5 nitrogen and oxygen atoms in total. The minimum atomic E-state index is 0.607. The molecule has 2 heterocycles. The Hall–Kier alpha value is -1.36. The minimum Gasteiger partial charge on any atom is -0.369 e. The van der Waals surface area contributed by atoms with Gasteiger partial charge in [-0.25, -0.2) is 4.98 Å². The fraction of sp³-hybridized carbons (Fsp3) is 0.667. The topological polar surface area (TPSA) is 61.9 Å². The van der Waals surface area contributed by atoms with Gasteiger partial charge in [0.25, 0.3) is 0 Å². The lowest BCUT2D eigenvalue weighted by molar-refractivity contribution is 0.624. The molecule has 0 spiro atoms. The summed E-state index contributed by atoms with van der Waals surface area (Å²) in [7, 11) is 1.86. The van der Waals surface area contributed by atoms with Crippen LogP contribution in [-0.2, 0) is 13.0 Å². The number of fused-ring (bicyclic) bond motifs is 1. The van der Waals surface area contributed by atoms with E-state index in [1.807, 2.05) is 7.05 Å². The number of rotatable bonds is 4. The Balaban J connectivity index is 2.27. The molecule has 17 heavy (non-hydrogen) atoms. The Morgan fingerprint density at radius 2 is 2.18 bits per heavy atom. The van der Waals surface area contributed by atoms with Crippen LogP contribution in [0.25, 0.3) is 0 Å². The molecule has 94 valence electrons. The van der Waals surface area contributed by atoms with Crippen LogP contribution in [0.2, 0.25) is 0 Å². The lowest BCUT2D eigenvalue weighted by Gasteiger charge is -2.21. The first-order chi connectivity index (χ1) is 8.20. The zero-order chi connectivity index (χ0) is 12.3. The van der Waals surface area contributed by atoms with Gasteiger partial charge in [0, 0.05) is 38.7 Å². The maximum atomic E-state index is 4.52. The highest BCUT2D eigenvalue weighted by molar-refractivity contribution is 5.51. The molecule has 1 aromatic heterocycles. The van der Waals surface area contributed by atoms with Gasteiger partial charge in [0.05, 0.1) is 5.69 Å². The SMILES string of the molecule is CNc1nc2c(c(NCC(C)C)n1)CNCC2. The van der Waals surface area contributed by atoms with Crippen LogP contribution in [-0.4, -0.2) is 30.1 Å². The maximum absolute atomic E-state index is 4.52. The lowest BCUT2D eigenvalue weighted by atomic mass is 10.1. The highest BCUT2D eigenvalue weighted by Gasteiger charge is 2.17. The van der Waals surface area contributed by atoms with Gasteiger partial charge in [-0.1, -0.05) is 13.8 Å². The molecule has 0 saturated heterocycles. The van der Waals surface area contributed by atoms with E-state index in [1.165, 1.54) is 5.56 Å². The number of anilines is 2. The van der Waals surface area contributed by atoms with E-state index in [0.717, 1.165) is 37.6 Å². The van der Waals surface area contributed by atoms with Crippen molar-refractivity contribution < 1.29 is 0 Å². The predicted octanol–water partition coefficient (Wildman–Crippen LogP) is 1.23. The molecule has 5 heteroatoms. The van der Waals surface area contributed by atoms with E-state index < -0.39 is 0 Å². The molecule has 0 fully saturated rings. The Morgan fingerprint density at radius 1 is 1.35 bits per heavy atom. The van der Waals surface area contributed by atoms with E-state index in [2.05, 4.69) is 39.8 Å². The van der Waals surface area contributed by atoms with Crippen LogP contribution in [0, 0.1) is 5.92 Å². The third kappa shape index (κ3) is 2.85. The van der Waals surface area contributed by atoms with Crippen molar-refractivity contribution in [2.24, 2.45) is 5.92 Å². The molecule has 1 aromatic rings. The van der Waals surface area contributed by atoms with Crippen molar-refractivity contribution in [1.29, 1.82) is 0 Å². The van der Waals surface area contributed by atoms with Gasteiger partial charge in [0.15, 0.2) is 0 Å². The Labute approximate surface area is 102 Å². The monoisotopic (exact) mass is 235 g/mol. The molecule has 0 aliphatic carbocycles. The normalized spacial score (nSPS) is 14.6. The zero-order valence-corrected chi connectivity index (χ0v) is 10.8. The van der Waals surface area contributed by atoms with Gasteiger partial charge in [-0.3, -0.25) is 0 Å². The zero-order valence-electron chi connectivity index (χ0n) is 10.8. The maximum Gasteiger partial charge on any atom is 0.224 e. The van der Waals surface area contributed by atoms with E-state index in [9.17, 15) is 0 Å². The van der Waals surface area contributed by atoms with Crippen LogP contribution in [0.15, 0.2) is 0 Å². The molecule has 0 unspecified atom stereocenters. The molecule has 2 rings (SSSR count). The molecule has 0 atom stereocenters. The van der Waals surface area contributed by atoms with Gasteiger partial charge < -0.3 is 16.0 Å². The van der Waals surface area contributed by atoms with Gasteiger partial charge in [0.2, 0.25) is 5.95 Å². The van der Waals surface area contributed by atoms with Crippen LogP contribution >= 0.6 is 0 Å². The number of hydrogen-bond donors (Lipinski definition) is 3. The van der Waals surface area contributed by atoms with Crippen molar-refractivity contribution in [1.82, 2.24) is 15.3 Å². The summed E-state index contributed by atoms with van der Waals surface area (Å²) < 4.78 is 0. The minimum absolute atomic E-state index is 0.607. The van der Waals surface area contributed by atoms with Crippen molar-refractivity contribution in [2.45, 2.75) is 26.8 Å². The summed E-state index contributed by atoms with van der Waals surface area (Å²) in [5.74, 6) is 2.28. The van der Waals surface area contributed by atoms with Crippen LogP contribution < -0.4 is 16.0 Å². The first-order valence-corrected chi connectivity index (χ1v) is 6.23. The summed E-state index contributed by atoms with van der Waals surface area (Å²) in [6.45, 7) is 7.18.